The molecule has 2 heterocycles. The van der Waals surface area contributed by atoms with Gasteiger partial charge in [-0.3, -0.25) is 19.4 Å². The first-order chi connectivity index (χ1) is 15.7. The largest absolute Gasteiger partial charge is 0.416 e. The Kier molecular flexibility index (Phi) is 5.71. The van der Waals surface area contributed by atoms with Crippen LogP contribution in [0.2, 0.25) is 0 Å². The van der Waals surface area contributed by atoms with E-state index in [2.05, 4.69) is 10.1 Å². The molecule has 4 rings (SSSR count). The van der Waals surface area contributed by atoms with Gasteiger partial charge in [-0.25, -0.2) is 4.39 Å². The molecular weight excluding hydrogens is 436 g/mol. The topological polar surface area (TPSA) is 51.0 Å². The summed E-state index contributed by atoms with van der Waals surface area (Å²) >= 11 is 0. The Hall–Kier alpha value is -4.01. The number of rotatable bonds is 4. The van der Waals surface area contributed by atoms with Crippen LogP contribution in [-0.4, -0.2) is 20.7 Å². The molecule has 0 spiro atoms. The van der Waals surface area contributed by atoms with Gasteiger partial charge in [0, 0.05) is 31.9 Å². The molecule has 0 N–H and O–H groups in total. The number of halogens is 4. The van der Waals surface area contributed by atoms with E-state index in [1.807, 2.05) is 0 Å². The monoisotopic (exact) mass is 454 g/mol. The van der Waals surface area contributed by atoms with Gasteiger partial charge in [0.05, 0.1) is 16.8 Å². The van der Waals surface area contributed by atoms with E-state index in [4.69, 9.17) is 0 Å². The zero-order chi connectivity index (χ0) is 23.8. The van der Waals surface area contributed by atoms with Crippen molar-refractivity contribution in [3.63, 3.8) is 0 Å². The van der Waals surface area contributed by atoms with Crippen molar-refractivity contribution >= 4 is 17.4 Å². The third-order valence-electron chi connectivity index (χ3n) is 5.06. The van der Waals surface area contributed by atoms with Gasteiger partial charge >= 0.3 is 6.18 Å². The van der Waals surface area contributed by atoms with Crippen LogP contribution in [0.3, 0.4) is 0 Å². The van der Waals surface area contributed by atoms with Crippen molar-refractivity contribution in [3.8, 4) is 22.4 Å². The second-order valence-corrected chi connectivity index (χ2v) is 7.32. The second kappa shape index (κ2) is 8.50. The highest BCUT2D eigenvalue weighted by Gasteiger charge is 2.33. The fourth-order valence-corrected chi connectivity index (χ4v) is 3.64. The smallest absolute Gasteiger partial charge is 0.274 e. The SMILES string of the molecule is CC(=O)N(c1cccc(C(F)(F)F)c1)c1c(-c2ccncc2)c(-c2ccc(F)cc2)nn1C. The Labute approximate surface area is 186 Å². The molecule has 0 atom stereocenters. The molecule has 2 aromatic heterocycles. The number of amides is 1. The Morgan fingerprint density at radius 3 is 2.24 bits per heavy atom. The summed E-state index contributed by atoms with van der Waals surface area (Å²) in [7, 11) is 1.59. The maximum absolute atomic E-state index is 13.5. The minimum Gasteiger partial charge on any atom is -0.274 e. The van der Waals surface area contributed by atoms with E-state index in [9.17, 15) is 22.4 Å². The molecular formula is C24H18F4N4O. The molecule has 0 saturated carbocycles. The lowest BCUT2D eigenvalue weighted by Gasteiger charge is -2.24. The highest BCUT2D eigenvalue weighted by atomic mass is 19.4. The summed E-state index contributed by atoms with van der Waals surface area (Å²) in [5.74, 6) is -0.652. The number of alkyl halides is 3. The van der Waals surface area contributed by atoms with E-state index in [1.165, 1.54) is 40.8 Å². The van der Waals surface area contributed by atoms with E-state index in [1.54, 1.807) is 43.7 Å². The van der Waals surface area contributed by atoms with Crippen molar-refractivity contribution in [1.82, 2.24) is 14.8 Å². The van der Waals surface area contributed by atoms with Crippen LogP contribution in [0.5, 0.6) is 0 Å². The van der Waals surface area contributed by atoms with Gasteiger partial charge < -0.3 is 0 Å². The van der Waals surface area contributed by atoms with Gasteiger partial charge in [0.2, 0.25) is 5.91 Å². The lowest BCUT2D eigenvalue weighted by molar-refractivity contribution is -0.137. The summed E-state index contributed by atoms with van der Waals surface area (Å²) in [4.78, 5) is 18.0. The Bertz CT molecular complexity index is 1300. The summed E-state index contributed by atoms with van der Waals surface area (Å²) in [5, 5.41) is 4.54. The first-order valence-electron chi connectivity index (χ1n) is 9.88. The normalized spacial score (nSPS) is 11.5. The van der Waals surface area contributed by atoms with Crippen molar-refractivity contribution in [1.29, 1.82) is 0 Å². The highest BCUT2D eigenvalue weighted by Crippen LogP contribution is 2.42. The van der Waals surface area contributed by atoms with E-state index < -0.39 is 23.5 Å². The molecule has 168 valence electrons. The number of pyridine rings is 1. The lowest BCUT2D eigenvalue weighted by atomic mass is 10.0. The van der Waals surface area contributed by atoms with Crippen molar-refractivity contribution in [2.75, 3.05) is 4.90 Å². The molecule has 0 saturated heterocycles. The molecule has 9 heteroatoms. The molecule has 0 unspecified atom stereocenters. The number of carbonyl (C=O) groups is 1. The number of hydrogen-bond donors (Lipinski definition) is 0. The predicted octanol–water partition coefficient (Wildman–Crippen LogP) is 5.99. The average Bonchev–Trinajstić information content (AvgIpc) is 3.11. The number of hydrogen-bond acceptors (Lipinski definition) is 3. The molecule has 1 amide bonds. The molecule has 2 aromatic carbocycles. The Morgan fingerprint density at radius 2 is 1.64 bits per heavy atom. The fourth-order valence-electron chi connectivity index (χ4n) is 3.64. The molecule has 0 radical (unpaired) electrons. The summed E-state index contributed by atoms with van der Waals surface area (Å²) < 4.78 is 55.0. The van der Waals surface area contributed by atoms with Gasteiger partial charge in [0.25, 0.3) is 0 Å². The summed E-state index contributed by atoms with van der Waals surface area (Å²) in [6.45, 7) is 1.27. The van der Waals surface area contributed by atoms with Crippen LogP contribution in [0.4, 0.5) is 29.1 Å². The first kappa shape index (κ1) is 22.2. The zero-order valence-corrected chi connectivity index (χ0v) is 17.6. The number of carbonyl (C=O) groups excluding carboxylic acids is 1. The Balaban J connectivity index is 1.99. The Morgan fingerprint density at radius 1 is 0.970 bits per heavy atom. The average molecular weight is 454 g/mol. The quantitative estimate of drug-likeness (QED) is 0.356. The number of aromatic nitrogens is 3. The maximum Gasteiger partial charge on any atom is 0.416 e. The molecule has 0 aliphatic heterocycles. The molecule has 5 nitrogen and oxygen atoms in total. The molecule has 0 aliphatic rings. The highest BCUT2D eigenvalue weighted by molar-refractivity contribution is 6.04. The van der Waals surface area contributed by atoms with Gasteiger partial charge in [-0.05, 0) is 60.2 Å². The van der Waals surface area contributed by atoms with Gasteiger partial charge in [-0.1, -0.05) is 6.07 Å². The summed E-state index contributed by atoms with van der Waals surface area (Å²) in [5.41, 5.74) is 1.33. The third kappa shape index (κ3) is 4.34. The van der Waals surface area contributed by atoms with Crippen molar-refractivity contribution < 1.29 is 22.4 Å². The molecule has 0 bridgehead atoms. The zero-order valence-electron chi connectivity index (χ0n) is 17.6. The number of aryl methyl sites for hydroxylation is 1. The molecule has 33 heavy (non-hydrogen) atoms. The number of anilines is 2. The first-order valence-corrected chi connectivity index (χ1v) is 9.88. The van der Waals surface area contributed by atoms with Crippen LogP contribution in [0.15, 0.2) is 73.1 Å². The van der Waals surface area contributed by atoms with Crippen LogP contribution >= 0.6 is 0 Å². The van der Waals surface area contributed by atoms with Gasteiger partial charge in [0.15, 0.2) is 0 Å². The summed E-state index contributed by atoms with van der Waals surface area (Å²) in [6.07, 6.45) is -1.45. The van der Waals surface area contributed by atoms with E-state index >= 15 is 0 Å². The van der Waals surface area contributed by atoms with Crippen molar-refractivity contribution in [2.24, 2.45) is 7.05 Å². The predicted molar refractivity (Wildman–Crippen MR) is 116 cm³/mol. The minimum absolute atomic E-state index is 0.0429. The van der Waals surface area contributed by atoms with Gasteiger partial charge in [-0.2, -0.15) is 18.3 Å². The van der Waals surface area contributed by atoms with Crippen molar-refractivity contribution in [3.05, 3.63) is 84.4 Å². The molecule has 0 fully saturated rings. The maximum atomic E-state index is 13.5. The van der Waals surface area contributed by atoms with E-state index in [-0.39, 0.29) is 11.5 Å². The van der Waals surface area contributed by atoms with E-state index in [0.29, 0.717) is 22.4 Å². The van der Waals surface area contributed by atoms with Gasteiger partial charge in [-0.15, -0.1) is 0 Å². The van der Waals surface area contributed by atoms with E-state index in [0.717, 1.165) is 12.1 Å². The van der Waals surface area contributed by atoms with Crippen LogP contribution < -0.4 is 4.90 Å². The van der Waals surface area contributed by atoms with Crippen LogP contribution in [0.25, 0.3) is 22.4 Å². The standard InChI is InChI=1S/C24H18F4N4O/c1-15(33)32(20-5-3-4-18(14-20)24(26,27)28)23-21(16-10-12-29-13-11-16)22(30-31(23)2)17-6-8-19(25)9-7-17/h3-14H,1-2H3. The molecule has 4 aromatic rings. The van der Waals surface area contributed by atoms with Crippen molar-refractivity contribution in [2.45, 2.75) is 13.1 Å². The number of benzene rings is 2. The lowest BCUT2D eigenvalue weighted by Crippen LogP contribution is -2.26. The third-order valence-corrected chi connectivity index (χ3v) is 5.06. The van der Waals surface area contributed by atoms with Crippen LogP contribution in [-0.2, 0) is 18.0 Å². The van der Waals surface area contributed by atoms with Crippen LogP contribution in [0.1, 0.15) is 12.5 Å². The minimum atomic E-state index is -4.57. The second-order valence-electron chi connectivity index (χ2n) is 7.32. The van der Waals surface area contributed by atoms with Gasteiger partial charge in [0.1, 0.15) is 17.3 Å². The summed E-state index contributed by atoms with van der Waals surface area (Å²) in [6, 6.07) is 13.6. The van der Waals surface area contributed by atoms with Crippen LogP contribution in [0, 0.1) is 5.82 Å². The molecule has 0 aliphatic carbocycles. The number of nitrogens with zero attached hydrogens (tertiary/aromatic N) is 4. The fraction of sp³-hybridized carbons (Fsp3) is 0.125.